The van der Waals surface area contributed by atoms with E-state index >= 15 is 0 Å². The predicted molar refractivity (Wildman–Crippen MR) is 139 cm³/mol. The maximum absolute atomic E-state index is 13.0. The Morgan fingerprint density at radius 2 is 1.82 bits per heavy atom. The Morgan fingerprint density at radius 3 is 2.47 bits per heavy atom. The van der Waals surface area contributed by atoms with E-state index in [9.17, 15) is 9.59 Å². The lowest BCUT2D eigenvalue weighted by Crippen LogP contribution is -2.46. The van der Waals surface area contributed by atoms with Gasteiger partial charge in [0.25, 0.3) is 5.91 Å². The molecule has 0 saturated carbocycles. The van der Waals surface area contributed by atoms with E-state index in [0.717, 1.165) is 40.1 Å². The van der Waals surface area contributed by atoms with Crippen molar-refractivity contribution in [2.24, 2.45) is 0 Å². The van der Waals surface area contributed by atoms with Crippen molar-refractivity contribution in [1.29, 1.82) is 0 Å². The van der Waals surface area contributed by atoms with Crippen molar-refractivity contribution in [2.45, 2.75) is 52.0 Å². The van der Waals surface area contributed by atoms with E-state index in [1.54, 1.807) is 17.4 Å². The molecule has 7 heteroatoms. The molecule has 3 aromatic rings. The average Bonchev–Trinajstić information content (AvgIpc) is 3.28. The van der Waals surface area contributed by atoms with Crippen LogP contribution in [0.2, 0.25) is 5.02 Å². The highest BCUT2D eigenvalue weighted by Crippen LogP contribution is 2.37. The number of likely N-dealkylation sites (tertiary alicyclic amines) is 1. The van der Waals surface area contributed by atoms with Crippen molar-refractivity contribution in [3.63, 3.8) is 0 Å². The summed E-state index contributed by atoms with van der Waals surface area (Å²) in [5.74, 6) is -0.0467. The van der Waals surface area contributed by atoms with Gasteiger partial charge in [0.1, 0.15) is 0 Å². The number of thiophene rings is 1. The zero-order valence-corrected chi connectivity index (χ0v) is 21.6. The van der Waals surface area contributed by atoms with Gasteiger partial charge in [-0.25, -0.2) is 0 Å². The molecule has 3 heterocycles. The SMILES string of the molecule is CC(=O)NC1CCN(C(=O)c2ccc(-c3csc(-c4ccnc(C(C)(C)C)c4)c3)c(Cl)c2)CC1. The summed E-state index contributed by atoms with van der Waals surface area (Å²) < 4.78 is 0. The van der Waals surface area contributed by atoms with Gasteiger partial charge in [0.15, 0.2) is 0 Å². The van der Waals surface area contributed by atoms with Crippen LogP contribution in [0.4, 0.5) is 0 Å². The number of carbonyl (C=O) groups is 2. The maximum atomic E-state index is 13.0. The summed E-state index contributed by atoms with van der Waals surface area (Å²) in [6.45, 7) is 9.25. The van der Waals surface area contributed by atoms with Gasteiger partial charge in [0.2, 0.25) is 5.91 Å². The van der Waals surface area contributed by atoms with E-state index in [0.29, 0.717) is 23.7 Å². The van der Waals surface area contributed by atoms with E-state index in [1.165, 1.54) is 6.92 Å². The highest BCUT2D eigenvalue weighted by molar-refractivity contribution is 7.14. The minimum Gasteiger partial charge on any atom is -0.353 e. The molecule has 0 atom stereocenters. The molecule has 0 bridgehead atoms. The molecule has 34 heavy (non-hydrogen) atoms. The highest BCUT2D eigenvalue weighted by Gasteiger charge is 2.24. The zero-order valence-electron chi connectivity index (χ0n) is 20.0. The summed E-state index contributed by atoms with van der Waals surface area (Å²) in [6, 6.07) is 12.0. The van der Waals surface area contributed by atoms with E-state index in [-0.39, 0.29) is 23.3 Å². The van der Waals surface area contributed by atoms with Crippen LogP contribution in [0.1, 0.15) is 56.6 Å². The molecule has 178 valence electrons. The fraction of sp³-hybridized carbons (Fsp3) is 0.370. The maximum Gasteiger partial charge on any atom is 0.253 e. The fourth-order valence-corrected chi connectivity index (χ4v) is 5.40. The number of benzene rings is 1. The molecule has 0 unspecified atom stereocenters. The number of nitrogens with one attached hydrogen (secondary N) is 1. The van der Waals surface area contributed by atoms with Crippen molar-refractivity contribution >= 4 is 34.8 Å². The molecule has 2 aromatic heterocycles. The molecule has 0 spiro atoms. The smallest absolute Gasteiger partial charge is 0.253 e. The fourth-order valence-electron chi connectivity index (χ4n) is 4.20. The van der Waals surface area contributed by atoms with Crippen LogP contribution in [0.15, 0.2) is 48.0 Å². The van der Waals surface area contributed by atoms with Gasteiger partial charge in [0.05, 0.1) is 0 Å². The number of pyridine rings is 1. The number of rotatable bonds is 4. The van der Waals surface area contributed by atoms with E-state index in [4.69, 9.17) is 11.6 Å². The van der Waals surface area contributed by atoms with Crippen LogP contribution in [0.25, 0.3) is 21.6 Å². The molecule has 5 nitrogen and oxygen atoms in total. The van der Waals surface area contributed by atoms with E-state index < -0.39 is 0 Å². The Morgan fingerprint density at radius 1 is 1.09 bits per heavy atom. The van der Waals surface area contributed by atoms with Gasteiger partial charge in [-0.15, -0.1) is 11.3 Å². The van der Waals surface area contributed by atoms with Gasteiger partial charge in [0, 0.05) is 64.4 Å². The van der Waals surface area contributed by atoms with Gasteiger partial charge < -0.3 is 10.2 Å². The van der Waals surface area contributed by atoms with Crippen molar-refractivity contribution in [1.82, 2.24) is 15.2 Å². The third-order valence-electron chi connectivity index (χ3n) is 6.13. The quantitative estimate of drug-likeness (QED) is 0.470. The Balaban J connectivity index is 1.49. The van der Waals surface area contributed by atoms with Gasteiger partial charge in [-0.1, -0.05) is 38.4 Å². The Labute approximate surface area is 210 Å². The minimum atomic E-state index is -0.0256. The van der Waals surface area contributed by atoms with E-state index in [2.05, 4.69) is 48.6 Å². The van der Waals surface area contributed by atoms with Gasteiger partial charge >= 0.3 is 0 Å². The lowest BCUT2D eigenvalue weighted by atomic mass is 9.90. The standard InChI is InChI=1S/C27H30ClN3O2S/c1-17(32)30-21-8-11-31(12-9-21)26(33)19-5-6-22(23(28)13-19)20-14-24(34-16-20)18-7-10-29-25(15-18)27(2,3)4/h5-7,10,13-16,21H,8-9,11-12H2,1-4H3,(H,30,32). The zero-order chi connectivity index (χ0) is 24.5. The number of piperidine rings is 1. The van der Waals surface area contributed by atoms with Crippen LogP contribution < -0.4 is 5.32 Å². The first-order valence-electron chi connectivity index (χ1n) is 11.5. The summed E-state index contributed by atoms with van der Waals surface area (Å²) >= 11 is 8.32. The summed E-state index contributed by atoms with van der Waals surface area (Å²) in [4.78, 5) is 31.8. The molecule has 0 radical (unpaired) electrons. The van der Waals surface area contributed by atoms with Crippen LogP contribution in [-0.2, 0) is 10.2 Å². The van der Waals surface area contributed by atoms with Crippen LogP contribution >= 0.6 is 22.9 Å². The molecule has 1 saturated heterocycles. The molecule has 1 fully saturated rings. The number of amides is 2. The second-order valence-corrected chi connectivity index (χ2v) is 11.2. The van der Waals surface area contributed by atoms with Gasteiger partial charge in [-0.05, 0) is 59.7 Å². The molecule has 2 amide bonds. The summed E-state index contributed by atoms with van der Waals surface area (Å²) in [5, 5.41) is 5.60. The average molecular weight is 496 g/mol. The first-order valence-corrected chi connectivity index (χ1v) is 12.8. The van der Waals surface area contributed by atoms with Crippen molar-refractivity contribution in [3.05, 3.63) is 64.3 Å². The molecule has 4 rings (SSSR count). The molecular formula is C27H30ClN3O2S. The predicted octanol–water partition coefficient (Wildman–Crippen LogP) is 6.17. The second kappa shape index (κ2) is 9.88. The van der Waals surface area contributed by atoms with E-state index in [1.807, 2.05) is 29.3 Å². The van der Waals surface area contributed by atoms with Crippen LogP contribution in [0.3, 0.4) is 0 Å². The minimum absolute atomic E-state index is 0.0129. The Hall–Kier alpha value is -2.70. The number of hydrogen-bond donors (Lipinski definition) is 1. The topological polar surface area (TPSA) is 62.3 Å². The molecule has 1 N–H and O–H groups in total. The largest absolute Gasteiger partial charge is 0.353 e. The molecule has 0 aliphatic carbocycles. The highest BCUT2D eigenvalue weighted by atomic mass is 35.5. The lowest BCUT2D eigenvalue weighted by Gasteiger charge is -2.32. The molecule has 1 aromatic carbocycles. The lowest BCUT2D eigenvalue weighted by molar-refractivity contribution is -0.119. The van der Waals surface area contributed by atoms with Crippen LogP contribution in [0.5, 0.6) is 0 Å². The second-order valence-electron chi connectivity index (χ2n) is 9.84. The molecule has 1 aliphatic rings. The van der Waals surface area contributed by atoms with Crippen LogP contribution in [-0.4, -0.2) is 40.8 Å². The Bertz CT molecular complexity index is 1210. The first kappa shape index (κ1) is 24.4. The summed E-state index contributed by atoms with van der Waals surface area (Å²) in [5.41, 5.74) is 4.72. The number of hydrogen-bond acceptors (Lipinski definition) is 4. The van der Waals surface area contributed by atoms with Gasteiger partial charge in [-0.3, -0.25) is 14.6 Å². The number of aromatic nitrogens is 1. The molecular weight excluding hydrogens is 466 g/mol. The van der Waals surface area contributed by atoms with Gasteiger partial charge in [-0.2, -0.15) is 0 Å². The third-order valence-corrected chi connectivity index (χ3v) is 7.42. The summed E-state index contributed by atoms with van der Waals surface area (Å²) in [6.07, 6.45) is 3.39. The monoisotopic (exact) mass is 495 g/mol. The normalized spacial score (nSPS) is 14.8. The summed E-state index contributed by atoms with van der Waals surface area (Å²) in [7, 11) is 0. The van der Waals surface area contributed by atoms with Crippen molar-refractivity contribution < 1.29 is 9.59 Å². The molecule has 1 aliphatic heterocycles. The van der Waals surface area contributed by atoms with Crippen molar-refractivity contribution in [3.8, 4) is 21.6 Å². The number of carbonyl (C=O) groups excluding carboxylic acids is 2. The first-order chi connectivity index (χ1) is 16.1. The van der Waals surface area contributed by atoms with Crippen molar-refractivity contribution in [2.75, 3.05) is 13.1 Å². The third kappa shape index (κ3) is 5.50. The number of nitrogens with zero attached hydrogens (tertiary/aromatic N) is 2. The number of halogens is 1. The van der Waals surface area contributed by atoms with Crippen LogP contribution in [0, 0.1) is 0 Å². The Kier molecular flexibility index (Phi) is 7.10.